The summed E-state index contributed by atoms with van der Waals surface area (Å²) in [5, 5.41) is 9.79. The van der Waals surface area contributed by atoms with E-state index in [-0.39, 0.29) is 12.2 Å². The maximum Gasteiger partial charge on any atom is 0.122 e. The summed E-state index contributed by atoms with van der Waals surface area (Å²) in [6, 6.07) is 5.98. The zero-order chi connectivity index (χ0) is 14.5. The first-order valence-electron chi connectivity index (χ1n) is 6.57. The molecule has 19 heavy (non-hydrogen) atoms. The molecule has 0 aliphatic carbocycles. The summed E-state index contributed by atoms with van der Waals surface area (Å²) >= 11 is 0. The SMILES string of the molecule is Cc1ccc(OCC(O)CNOC(C)(C)C)c(C)c1. The Labute approximate surface area is 115 Å². The van der Waals surface area contributed by atoms with Gasteiger partial charge in [0.15, 0.2) is 0 Å². The van der Waals surface area contributed by atoms with Crippen LogP contribution in [0.4, 0.5) is 0 Å². The number of aliphatic hydroxyl groups excluding tert-OH is 1. The van der Waals surface area contributed by atoms with E-state index < -0.39 is 6.10 Å². The van der Waals surface area contributed by atoms with Crippen LogP contribution in [0, 0.1) is 13.8 Å². The van der Waals surface area contributed by atoms with Gasteiger partial charge < -0.3 is 9.84 Å². The van der Waals surface area contributed by atoms with Gasteiger partial charge in [0.25, 0.3) is 0 Å². The van der Waals surface area contributed by atoms with Gasteiger partial charge in [-0.15, -0.1) is 0 Å². The zero-order valence-corrected chi connectivity index (χ0v) is 12.5. The fourth-order valence-corrected chi connectivity index (χ4v) is 1.56. The van der Waals surface area contributed by atoms with Crippen molar-refractivity contribution in [2.75, 3.05) is 13.2 Å². The predicted molar refractivity (Wildman–Crippen MR) is 76.3 cm³/mol. The minimum atomic E-state index is -0.608. The van der Waals surface area contributed by atoms with Crippen LogP contribution < -0.4 is 10.2 Å². The van der Waals surface area contributed by atoms with Gasteiger partial charge >= 0.3 is 0 Å². The normalized spacial score (nSPS) is 13.4. The van der Waals surface area contributed by atoms with E-state index in [1.54, 1.807) is 0 Å². The largest absolute Gasteiger partial charge is 0.491 e. The van der Waals surface area contributed by atoms with Gasteiger partial charge in [-0.25, -0.2) is 0 Å². The number of aliphatic hydroxyl groups is 1. The van der Waals surface area contributed by atoms with Crippen LogP contribution in [0.5, 0.6) is 5.75 Å². The zero-order valence-electron chi connectivity index (χ0n) is 12.5. The topological polar surface area (TPSA) is 50.7 Å². The fourth-order valence-electron chi connectivity index (χ4n) is 1.56. The van der Waals surface area contributed by atoms with Gasteiger partial charge in [-0.3, -0.25) is 4.84 Å². The maximum atomic E-state index is 9.79. The van der Waals surface area contributed by atoms with Crippen LogP contribution in [0.15, 0.2) is 18.2 Å². The third-order valence-corrected chi connectivity index (χ3v) is 2.46. The van der Waals surface area contributed by atoms with E-state index in [1.807, 2.05) is 46.8 Å². The molecule has 1 aromatic rings. The summed E-state index contributed by atoms with van der Waals surface area (Å²) in [7, 11) is 0. The molecule has 0 aliphatic rings. The smallest absolute Gasteiger partial charge is 0.122 e. The summed E-state index contributed by atoms with van der Waals surface area (Å²) in [4.78, 5) is 5.33. The molecule has 108 valence electrons. The highest BCUT2D eigenvalue weighted by atomic mass is 16.7. The second-order valence-electron chi connectivity index (χ2n) is 5.80. The molecule has 0 fully saturated rings. The van der Waals surface area contributed by atoms with E-state index in [0.29, 0.717) is 6.54 Å². The number of nitrogens with one attached hydrogen (secondary N) is 1. The van der Waals surface area contributed by atoms with E-state index >= 15 is 0 Å². The van der Waals surface area contributed by atoms with Crippen LogP contribution in [-0.2, 0) is 4.84 Å². The molecular formula is C15H25NO3. The van der Waals surface area contributed by atoms with Gasteiger partial charge in [0.1, 0.15) is 18.5 Å². The Morgan fingerprint density at radius 3 is 2.53 bits per heavy atom. The summed E-state index contributed by atoms with van der Waals surface area (Å²) in [5.74, 6) is 0.807. The Kier molecular flexibility index (Phi) is 5.79. The van der Waals surface area contributed by atoms with Gasteiger partial charge in [-0.05, 0) is 46.2 Å². The van der Waals surface area contributed by atoms with Crippen LogP contribution >= 0.6 is 0 Å². The fraction of sp³-hybridized carbons (Fsp3) is 0.600. The molecule has 0 heterocycles. The van der Waals surface area contributed by atoms with Crippen LogP contribution in [0.1, 0.15) is 31.9 Å². The second-order valence-corrected chi connectivity index (χ2v) is 5.80. The lowest BCUT2D eigenvalue weighted by Gasteiger charge is -2.21. The van der Waals surface area contributed by atoms with Crippen molar-refractivity contribution in [3.8, 4) is 5.75 Å². The number of rotatable bonds is 6. The van der Waals surface area contributed by atoms with Gasteiger partial charge in [0.05, 0.1) is 12.1 Å². The first-order chi connectivity index (χ1) is 8.78. The Bertz CT molecular complexity index is 399. The highest BCUT2D eigenvalue weighted by Gasteiger charge is 2.12. The minimum absolute atomic E-state index is 0.240. The number of ether oxygens (including phenoxy) is 1. The van der Waals surface area contributed by atoms with Crippen LogP contribution in [0.3, 0.4) is 0 Å². The van der Waals surface area contributed by atoms with E-state index in [9.17, 15) is 5.11 Å². The Morgan fingerprint density at radius 2 is 1.95 bits per heavy atom. The molecule has 1 rings (SSSR count). The number of hydroxylamine groups is 1. The van der Waals surface area contributed by atoms with Crippen molar-refractivity contribution >= 4 is 0 Å². The first kappa shape index (κ1) is 16.0. The molecule has 0 radical (unpaired) electrons. The molecule has 1 aromatic carbocycles. The number of hydrogen-bond acceptors (Lipinski definition) is 4. The van der Waals surface area contributed by atoms with Crippen molar-refractivity contribution < 1.29 is 14.7 Å². The van der Waals surface area contributed by atoms with E-state index in [1.165, 1.54) is 5.56 Å². The molecular weight excluding hydrogens is 242 g/mol. The highest BCUT2D eigenvalue weighted by Crippen LogP contribution is 2.18. The lowest BCUT2D eigenvalue weighted by Crippen LogP contribution is -2.36. The maximum absolute atomic E-state index is 9.79. The van der Waals surface area contributed by atoms with Crippen molar-refractivity contribution in [2.24, 2.45) is 0 Å². The van der Waals surface area contributed by atoms with Crippen molar-refractivity contribution in [1.82, 2.24) is 5.48 Å². The summed E-state index contributed by atoms with van der Waals surface area (Å²) in [6.07, 6.45) is -0.608. The minimum Gasteiger partial charge on any atom is -0.491 e. The van der Waals surface area contributed by atoms with E-state index in [4.69, 9.17) is 9.57 Å². The van der Waals surface area contributed by atoms with Gasteiger partial charge in [0.2, 0.25) is 0 Å². The molecule has 0 aliphatic heterocycles. The molecule has 1 atom stereocenters. The number of hydrogen-bond donors (Lipinski definition) is 2. The summed E-state index contributed by atoms with van der Waals surface area (Å²) in [5.41, 5.74) is 4.76. The molecule has 4 heteroatoms. The van der Waals surface area contributed by atoms with Gasteiger partial charge in [0, 0.05) is 0 Å². The first-order valence-corrected chi connectivity index (χ1v) is 6.57. The molecule has 4 nitrogen and oxygen atoms in total. The van der Waals surface area contributed by atoms with Crippen LogP contribution in [-0.4, -0.2) is 30.0 Å². The third kappa shape index (κ3) is 6.57. The molecule has 0 saturated heterocycles. The van der Waals surface area contributed by atoms with Crippen molar-refractivity contribution in [3.05, 3.63) is 29.3 Å². The average molecular weight is 267 g/mol. The standard InChI is InChI=1S/C15H25NO3/c1-11-6-7-14(12(2)8-11)18-10-13(17)9-16-19-15(3,4)5/h6-8,13,16-17H,9-10H2,1-5H3. The van der Waals surface area contributed by atoms with Crippen molar-refractivity contribution in [2.45, 2.75) is 46.3 Å². The third-order valence-electron chi connectivity index (χ3n) is 2.46. The van der Waals surface area contributed by atoms with E-state index in [0.717, 1.165) is 11.3 Å². The Morgan fingerprint density at radius 1 is 1.26 bits per heavy atom. The molecule has 0 aromatic heterocycles. The molecule has 0 saturated carbocycles. The average Bonchev–Trinajstić information content (AvgIpc) is 2.26. The number of benzene rings is 1. The second kappa shape index (κ2) is 6.89. The van der Waals surface area contributed by atoms with Crippen LogP contribution in [0.2, 0.25) is 0 Å². The molecule has 1 unspecified atom stereocenters. The van der Waals surface area contributed by atoms with E-state index in [2.05, 4.69) is 11.5 Å². The predicted octanol–water partition coefficient (Wildman–Crippen LogP) is 2.36. The van der Waals surface area contributed by atoms with Crippen LogP contribution in [0.25, 0.3) is 0 Å². The van der Waals surface area contributed by atoms with Crippen molar-refractivity contribution in [1.29, 1.82) is 0 Å². The van der Waals surface area contributed by atoms with Gasteiger partial charge in [-0.2, -0.15) is 5.48 Å². The highest BCUT2D eigenvalue weighted by molar-refractivity contribution is 5.35. The summed E-state index contributed by atoms with van der Waals surface area (Å²) in [6.45, 7) is 10.4. The molecule has 0 amide bonds. The number of aryl methyl sites for hydroxylation is 2. The molecule has 0 bridgehead atoms. The van der Waals surface area contributed by atoms with Crippen molar-refractivity contribution in [3.63, 3.8) is 0 Å². The monoisotopic (exact) mass is 267 g/mol. The molecule has 0 spiro atoms. The Balaban J connectivity index is 2.32. The molecule has 2 N–H and O–H groups in total. The quantitative estimate of drug-likeness (QED) is 0.777. The lowest BCUT2D eigenvalue weighted by molar-refractivity contribution is -0.0857. The summed E-state index contributed by atoms with van der Waals surface area (Å²) < 4.78 is 5.59. The van der Waals surface area contributed by atoms with Gasteiger partial charge in [-0.1, -0.05) is 17.7 Å². The Hall–Kier alpha value is -1.10. The lowest BCUT2D eigenvalue weighted by atomic mass is 10.1.